The van der Waals surface area contributed by atoms with E-state index in [4.69, 9.17) is 0 Å². The first-order valence-electron chi connectivity index (χ1n) is 5.20. The molecular formula is C14H11BrOS. The molecule has 2 aromatic rings. The largest absolute Gasteiger partial charge is 0.294 e. The number of halogens is 1. The number of rotatable bonds is 3. The minimum Gasteiger partial charge on any atom is -0.294 e. The predicted octanol–water partition coefficient (Wildman–Crippen LogP) is 4.80. The molecular weight excluding hydrogens is 296 g/mol. The first-order valence-corrected chi connectivity index (χ1v) is 6.81. The van der Waals surface area contributed by atoms with E-state index in [0.29, 0.717) is 0 Å². The van der Waals surface area contributed by atoms with Crippen LogP contribution in [0.3, 0.4) is 0 Å². The van der Waals surface area contributed by atoms with Gasteiger partial charge in [-0.2, -0.15) is 0 Å². The highest BCUT2D eigenvalue weighted by molar-refractivity contribution is 9.10. The van der Waals surface area contributed by atoms with Crippen molar-refractivity contribution in [1.82, 2.24) is 0 Å². The molecule has 0 amide bonds. The third-order valence-electron chi connectivity index (χ3n) is 2.30. The van der Waals surface area contributed by atoms with Gasteiger partial charge in [-0.3, -0.25) is 4.79 Å². The molecule has 0 atom stereocenters. The van der Waals surface area contributed by atoms with E-state index >= 15 is 0 Å². The van der Waals surface area contributed by atoms with Gasteiger partial charge in [0.1, 0.15) is 0 Å². The fraction of sp³-hybridized carbons (Fsp3) is 0.0714. The first-order chi connectivity index (χ1) is 8.16. The molecule has 0 aromatic heterocycles. The lowest BCUT2D eigenvalue weighted by atomic mass is 10.2. The molecule has 0 aliphatic heterocycles. The van der Waals surface area contributed by atoms with Crippen molar-refractivity contribution < 1.29 is 4.79 Å². The topological polar surface area (TPSA) is 17.1 Å². The summed E-state index contributed by atoms with van der Waals surface area (Å²) in [5.41, 5.74) is 0.724. The Bertz CT molecular complexity index is 537. The molecule has 0 unspecified atom stereocenters. The van der Waals surface area contributed by atoms with Crippen LogP contribution in [0.25, 0.3) is 0 Å². The average molecular weight is 307 g/mol. The number of hydrogen-bond acceptors (Lipinski definition) is 2. The Morgan fingerprint density at radius 3 is 2.35 bits per heavy atom. The van der Waals surface area contributed by atoms with Crippen LogP contribution in [-0.4, -0.2) is 5.78 Å². The minimum atomic E-state index is 0.0770. The SMILES string of the molecule is CC(=O)c1ccc(Sc2ccccc2)cc1Br. The molecule has 0 aliphatic rings. The second-order valence-electron chi connectivity index (χ2n) is 3.61. The smallest absolute Gasteiger partial charge is 0.160 e. The summed E-state index contributed by atoms with van der Waals surface area (Å²) in [4.78, 5) is 13.6. The number of ketones is 1. The monoisotopic (exact) mass is 306 g/mol. The van der Waals surface area contributed by atoms with Crippen molar-refractivity contribution in [2.24, 2.45) is 0 Å². The molecule has 2 aromatic carbocycles. The van der Waals surface area contributed by atoms with Gasteiger partial charge in [0.2, 0.25) is 0 Å². The highest BCUT2D eigenvalue weighted by Gasteiger charge is 2.06. The Labute approximate surface area is 113 Å². The summed E-state index contributed by atoms with van der Waals surface area (Å²) in [6.45, 7) is 1.57. The summed E-state index contributed by atoms with van der Waals surface area (Å²) in [6, 6.07) is 16.0. The Hall–Kier alpha value is -1.06. The van der Waals surface area contributed by atoms with Gasteiger partial charge in [-0.1, -0.05) is 45.9 Å². The minimum absolute atomic E-state index is 0.0770. The molecule has 0 N–H and O–H groups in total. The fourth-order valence-electron chi connectivity index (χ4n) is 1.47. The zero-order chi connectivity index (χ0) is 12.3. The van der Waals surface area contributed by atoms with Crippen LogP contribution in [0.4, 0.5) is 0 Å². The third kappa shape index (κ3) is 3.20. The number of carbonyl (C=O) groups is 1. The van der Waals surface area contributed by atoms with E-state index in [0.717, 1.165) is 14.9 Å². The molecule has 0 fully saturated rings. The third-order valence-corrected chi connectivity index (χ3v) is 3.95. The molecule has 0 heterocycles. The van der Waals surface area contributed by atoms with E-state index in [1.807, 2.05) is 36.4 Å². The number of carbonyl (C=O) groups excluding carboxylic acids is 1. The van der Waals surface area contributed by atoms with Crippen molar-refractivity contribution in [2.45, 2.75) is 16.7 Å². The fourth-order valence-corrected chi connectivity index (χ4v) is 3.16. The summed E-state index contributed by atoms with van der Waals surface area (Å²) in [5, 5.41) is 0. The lowest BCUT2D eigenvalue weighted by Crippen LogP contribution is -1.93. The van der Waals surface area contributed by atoms with E-state index < -0.39 is 0 Å². The maximum absolute atomic E-state index is 11.3. The van der Waals surface area contributed by atoms with Gasteiger partial charge in [-0.25, -0.2) is 0 Å². The second kappa shape index (κ2) is 5.52. The van der Waals surface area contributed by atoms with Crippen LogP contribution < -0.4 is 0 Å². The predicted molar refractivity (Wildman–Crippen MR) is 74.7 cm³/mol. The molecule has 0 spiro atoms. The highest BCUT2D eigenvalue weighted by Crippen LogP contribution is 2.30. The van der Waals surface area contributed by atoms with Crippen molar-refractivity contribution in [2.75, 3.05) is 0 Å². The van der Waals surface area contributed by atoms with Crippen LogP contribution in [0, 0.1) is 0 Å². The number of hydrogen-bond donors (Lipinski definition) is 0. The molecule has 0 bridgehead atoms. The van der Waals surface area contributed by atoms with Crippen LogP contribution in [0.2, 0.25) is 0 Å². The van der Waals surface area contributed by atoms with Gasteiger partial charge in [0, 0.05) is 19.8 Å². The van der Waals surface area contributed by atoms with Gasteiger partial charge in [0.15, 0.2) is 5.78 Å². The maximum Gasteiger partial charge on any atom is 0.160 e. The average Bonchev–Trinajstić information content (AvgIpc) is 2.30. The molecule has 2 rings (SSSR count). The molecule has 0 saturated carbocycles. The maximum atomic E-state index is 11.3. The zero-order valence-electron chi connectivity index (χ0n) is 9.31. The summed E-state index contributed by atoms with van der Waals surface area (Å²) in [7, 11) is 0. The molecule has 17 heavy (non-hydrogen) atoms. The number of Topliss-reactive ketones (excluding diaryl/α,β-unsaturated/α-hetero) is 1. The van der Waals surface area contributed by atoms with Crippen molar-refractivity contribution in [3.8, 4) is 0 Å². The molecule has 0 saturated heterocycles. The quantitative estimate of drug-likeness (QED) is 0.757. The van der Waals surface area contributed by atoms with E-state index in [2.05, 4.69) is 28.1 Å². The molecule has 3 heteroatoms. The summed E-state index contributed by atoms with van der Waals surface area (Å²) in [6.07, 6.45) is 0. The lowest BCUT2D eigenvalue weighted by molar-refractivity contribution is 0.101. The van der Waals surface area contributed by atoms with Gasteiger partial charge in [-0.15, -0.1) is 0 Å². The van der Waals surface area contributed by atoms with E-state index in [9.17, 15) is 4.79 Å². The molecule has 86 valence electrons. The van der Waals surface area contributed by atoms with Gasteiger partial charge >= 0.3 is 0 Å². The van der Waals surface area contributed by atoms with Gasteiger partial charge in [0.05, 0.1) is 0 Å². The Morgan fingerprint density at radius 1 is 1.06 bits per heavy atom. The Balaban J connectivity index is 2.24. The van der Waals surface area contributed by atoms with Crippen molar-refractivity contribution in [3.05, 3.63) is 58.6 Å². The van der Waals surface area contributed by atoms with Crippen LogP contribution in [0.5, 0.6) is 0 Å². The summed E-state index contributed by atoms with van der Waals surface area (Å²) < 4.78 is 0.853. The molecule has 1 nitrogen and oxygen atoms in total. The summed E-state index contributed by atoms with van der Waals surface area (Å²) in [5.74, 6) is 0.0770. The van der Waals surface area contributed by atoms with E-state index in [1.165, 1.54) is 4.90 Å². The highest BCUT2D eigenvalue weighted by atomic mass is 79.9. The van der Waals surface area contributed by atoms with Crippen molar-refractivity contribution >= 4 is 33.5 Å². The number of benzene rings is 2. The first kappa shape index (κ1) is 12.4. The Morgan fingerprint density at radius 2 is 1.76 bits per heavy atom. The standard InChI is InChI=1S/C14H11BrOS/c1-10(16)13-8-7-12(9-14(13)15)17-11-5-3-2-4-6-11/h2-9H,1H3. The van der Waals surface area contributed by atoms with Crippen molar-refractivity contribution in [3.63, 3.8) is 0 Å². The Kier molecular flexibility index (Phi) is 4.02. The van der Waals surface area contributed by atoms with Crippen LogP contribution in [-0.2, 0) is 0 Å². The zero-order valence-corrected chi connectivity index (χ0v) is 11.7. The van der Waals surface area contributed by atoms with Crippen molar-refractivity contribution in [1.29, 1.82) is 0 Å². The van der Waals surface area contributed by atoms with Crippen LogP contribution in [0.15, 0.2) is 62.8 Å². The lowest BCUT2D eigenvalue weighted by Gasteiger charge is -2.04. The van der Waals surface area contributed by atoms with Gasteiger partial charge in [-0.05, 0) is 37.3 Å². The summed E-state index contributed by atoms with van der Waals surface area (Å²) >= 11 is 5.11. The van der Waals surface area contributed by atoms with E-state index in [-0.39, 0.29) is 5.78 Å². The van der Waals surface area contributed by atoms with E-state index in [1.54, 1.807) is 18.7 Å². The van der Waals surface area contributed by atoms with Crippen LogP contribution >= 0.6 is 27.7 Å². The van der Waals surface area contributed by atoms with Gasteiger partial charge in [0.25, 0.3) is 0 Å². The molecule has 0 radical (unpaired) electrons. The normalized spacial score (nSPS) is 10.2. The second-order valence-corrected chi connectivity index (χ2v) is 5.61. The molecule has 0 aliphatic carbocycles. The van der Waals surface area contributed by atoms with Crippen LogP contribution in [0.1, 0.15) is 17.3 Å². The van der Waals surface area contributed by atoms with Gasteiger partial charge < -0.3 is 0 Å².